The molecule has 2 aromatic heterocycles. The maximum absolute atomic E-state index is 5.00. The molecule has 0 radical (unpaired) electrons. The number of fused-ring (bicyclic) bond motifs is 6. The molecule has 0 spiro atoms. The lowest BCUT2D eigenvalue weighted by molar-refractivity contribution is 1.29. The van der Waals surface area contributed by atoms with Crippen molar-refractivity contribution in [2.75, 3.05) is 0 Å². The van der Waals surface area contributed by atoms with Crippen LogP contribution in [0, 0.1) is 0 Å². The number of hydrogen-bond acceptors (Lipinski definition) is 2. The van der Waals surface area contributed by atoms with Crippen molar-refractivity contribution in [2.24, 2.45) is 0 Å². The molecule has 7 rings (SSSR count). The van der Waals surface area contributed by atoms with Gasteiger partial charge < -0.3 is 0 Å². The van der Waals surface area contributed by atoms with Crippen LogP contribution in [0.15, 0.2) is 121 Å². The molecular weight excluding hydrogens is 412 g/mol. The van der Waals surface area contributed by atoms with Gasteiger partial charge in [0.1, 0.15) is 0 Å². The van der Waals surface area contributed by atoms with E-state index in [-0.39, 0.29) is 0 Å². The summed E-state index contributed by atoms with van der Waals surface area (Å²) in [7, 11) is 0. The molecular formula is C32H20N2. The molecule has 0 N–H and O–H groups in total. The van der Waals surface area contributed by atoms with Gasteiger partial charge in [0.05, 0.1) is 16.9 Å². The van der Waals surface area contributed by atoms with Gasteiger partial charge in [-0.15, -0.1) is 0 Å². The monoisotopic (exact) mass is 432 g/mol. The molecule has 0 aliphatic heterocycles. The Kier molecular flexibility index (Phi) is 4.18. The van der Waals surface area contributed by atoms with Crippen LogP contribution in [-0.4, -0.2) is 9.97 Å². The van der Waals surface area contributed by atoms with Crippen LogP contribution >= 0.6 is 0 Å². The van der Waals surface area contributed by atoms with Gasteiger partial charge in [-0.2, -0.15) is 0 Å². The smallest absolute Gasteiger partial charge is 0.0972 e. The Bertz CT molecular complexity index is 1710. The first-order valence-corrected chi connectivity index (χ1v) is 11.5. The fourth-order valence-electron chi connectivity index (χ4n) is 5.09. The van der Waals surface area contributed by atoms with Crippen LogP contribution in [0.5, 0.6) is 0 Å². The molecule has 34 heavy (non-hydrogen) atoms. The SMILES string of the molecule is c1ccc2c(c1)cc(-c1ccc(-c3nc4ccccc4c4ccccc34)nc1)c1ccccc12. The van der Waals surface area contributed by atoms with Gasteiger partial charge >= 0.3 is 0 Å². The fraction of sp³-hybridized carbons (Fsp3) is 0. The molecule has 0 amide bonds. The Balaban J connectivity index is 1.43. The van der Waals surface area contributed by atoms with Gasteiger partial charge in [-0.3, -0.25) is 4.98 Å². The molecule has 0 unspecified atom stereocenters. The van der Waals surface area contributed by atoms with E-state index in [4.69, 9.17) is 9.97 Å². The molecule has 7 aromatic rings. The van der Waals surface area contributed by atoms with Crippen molar-refractivity contribution in [2.45, 2.75) is 0 Å². The lowest BCUT2D eigenvalue weighted by Crippen LogP contribution is -1.92. The van der Waals surface area contributed by atoms with Crippen molar-refractivity contribution in [1.29, 1.82) is 0 Å². The Morgan fingerprint density at radius 2 is 1.09 bits per heavy atom. The van der Waals surface area contributed by atoms with Crippen LogP contribution in [0.1, 0.15) is 0 Å². The third-order valence-electron chi connectivity index (χ3n) is 6.69. The van der Waals surface area contributed by atoms with Crippen LogP contribution in [0.2, 0.25) is 0 Å². The van der Waals surface area contributed by atoms with E-state index in [0.29, 0.717) is 0 Å². The van der Waals surface area contributed by atoms with Crippen LogP contribution < -0.4 is 0 Å². The quantitative estimate of drug-likeness (QED) is 0.256. The number of rotatable bonds is 2. The lowest BCUT2D eigenvalue weighted by Gasteiger charge is -2.12. The Morgan fingerprint density at radius 1 is 0.471 bits per heavy atom. The standard InChI is InChI=1S/C32H20N2/c1-2-10-23-21(9-1)19-29(25-12-4-3-11-24(23)25)22-17-18-31(33-20-22)32-28-15-6-5-13-26(28)27-14-7-8-16-30(27)34-32/h1-20H. The zero-order valence-corrected chi connectivity index (χ0v) is 18.4. The number of para-hydroxylation sites is 1. The third kappa shape index (κ3) is 2.89. The highest BCUT2D eigenvalue weighted by Gasteiger charge is 2.13. The number of aromatic nitrogens is 2. The molecule has 0 aliphatic rings. The third-order valence-corrected chi connectivity index (χ3v) is 6.69. The first-order chi connectivity index (χ1) is 16.9. The van der Waals surface area contributed by atoms with E-state index in [1.165, 1.54) is 37.9 Å². The van der Waals surface area contributed by atoms with Gasteiger partial charge in [0.2, 0.25) is 0 Å². The second-order valence-corrected chi connectivity index (χ2v) is 8.65. The normalized spacial score (nSPS) is 11.5. The summed E-state index contributed by atoms with van der Waals surface area (Å²) in [6, 6.07) is 40.5. The summed E-state index contributed by atoms with van der Waals surface area (Å²) in [5.74, 6) is 0. The molecule has 2 heterocycles. The summed E-state index contributed by atoms with van der Waals surface area (Å²) in [4.78, 5) is 9.91. The summed E-state index contributed by atoms with van der Waals surface area (Å²) in [6.45, 7) is 0. The van der Waals surface area contributed by atoms with E-state index in [0.717, 1.165) is 27.9 Å². The maximum Gasteiger partial charge on any atom is 0.0972 e. The number of nitrogens with zero attached hydrogens (tertiary/aromatic N) is 2. The molecule has 5 aromatic carbocycles. The van der Waals surface area contributed by atoms with Gasteiger partial charge in [-0.1, -0.05) is 97.1 Å². The molecule has 0 bridgehead atoms. The van der Waals surface area contributed by atoms with Crippen LogP contribution in [0.25, 0.3) is 65.7 Å². The Labute approximate surface area is 197 Å². The first-order valence-electron chi connectivity index (χ1n) is 11.5. The minimum atomic E-state index is 0.885. The number of benzene rings is 5. The average Bonchev–Trinajstić information content (AvgIpc) is 2.92. The van der Waals surface area contributed by atoms with E-state index in [2.05, 4.69) is 109 Å². The molecule has 2 heteroatoms. The van der Waals surface area contributed by atoms with Crippen LogP contribution in [0.3, 0.4) is 0 Å². The summed E-state index contributed by atoms with van der Waals surface area (Å²) in [6.07, 6.45) is 1.98. The predicted molar refractivity (Wildman–Crippen MR) is 143 cm³/mol. The van der Waals surface area contributed by atoms with Gasteiger partial charge in [-0.05, 0) is 50.7 Å². The Morgan fingerprint density at radius 3 is 1.85 bits per heavy atom. The predicted octanol–water partition coefficient (Wildman–Crippen LogP) is 8.42. The van der Waals surface area contributed by atoms with Crippen molar-refractivity contribution in [3.05, 3.63) is 121 Å². The van der Waals surface area contributed by atoms with Crippen molar-refractivity contribution in [3.8, 4) is 22.5 Å². The average molecular weight is 433 g/mol. The topological polar surface area (TPSA) is 25.8 Å². The molecule has 0 fully saturated rings. The van der Waals surface area contributed by atoms with Crippen LogP contribution in [-0.2, 0) is 0 Å². The molecule has 0 aliphatic carbocycles. The zero-order valence-electron chi connectivity index (χ0n) is 18.4. The van der Waals surface area contributed by atoms with Crippen molar-refractivity contribution in [1.82, 2.24) is 9.97 Å². The highest BCUT2D eigenvalue weighted by molar-refractivity contribution is 6.14. The summed E-state index contributed by atoms with van der Waals surface area (Å²) in [5, 5.41) is 8.51. The van der Waals surface area contributed by atoms with Gasteiger partial charge in [-0.25, -0.2) is 4.98 Å². The van der Waals surface area contributed by atoms with E-state index >= 15 is 0 Å². The molecule has 0 atom stereocenters. The number of pyridine rings is 2. The minimum Gasteiger partial charge on any atom is -0.254 e. The number of hydrogen-bond donors (Lipinski definition) is 0. The summed E-state index contributed by atoms with van der Waals surface area (Å²) < 4.78 is 0. The van der Waals surface area contributed by atoms with E-state index in [9.17, 15) is 0 Å². The van der Waals surface area contributed by atoms with Crippen molar-refractivity contribution in [3.63, 3.8) is 0 Å². The van der Waals surface area contributed by atoms with Gasteiger partial charge in [0.25, 0.3) is 0 Å². The molecule has 2 nitrogen and oxygen atoms in total. The lowest BCUT2D eigenvalue weighted by atomic mass is 9.94. The Hall–Kier alpha value is -4.56. The molecule has 0 saturated heterocycles. The molecule has 0 saturated carbocycles. The summed E-state index contributed by atoms with van der Waals surface area (Å²) in [5.41, 5.74) is 5.10. The van der Waals surface area contributed by atoms with Gasteiger partial charge in [0, 0.05) is 22.5 Å². The minimum absolute atomic E-state index is 0.885. The second kappa shape index (κ2) is 7.50. The van der Waals surface area contributed by atoms with Crippen molar-refractivity contribution < 1.29 is 0 Å². The maximum atomic E-state index is 5.00. The fourth-order valence-corrected chi connectivity index (χ4v) is 5.09. The van der Waals surface area contributed by atoms with Crippen LogP contribution in [0.4, 0.5) is 0 Å². The second-order valence-electron chi connectivity index (χ2n) is 8.65. The molecule has 158 valence electrons. The van der Waals surface area contributed by atoms with E-state index < -0.39 is 0 Å². The van der Waals surface area contributed by atoms with E-state index in [1.54, 1.807) is 0 Å². The first kappa shape index (κ1) is 19.0. The van der Waals surface area contributed by atoms with E-state index in [1.807, 2.05) is 12.3 Å². The highest BCUT2D eigenvalue weighted by Crippen LogP contribution is 2.36. The largest absolute Gasteiger partial charge is 0.254 e. The zero-order chi connectivity index (χ0) is 22.5. The highest BCUT2D eigenvalue weighted by atomic mass is 14.8. The van der Waals surface area contributed by atoms with Gasteiger partial charge in [0.15, 0.2) is 0 Å². The summed E-state index contributed by atoms with van der Waals surface area (Å²) >= 11 is 0. The van der Waals surface area contributed by atoms with Crippen molar-refractivity contribution >= 4 is 43.2 Å².